The van der Waals surface area contributed by atoms with E-state index in [1.54, 1.807) is 28.0 Å². The molecule has 4 saturated heterocycles. The third-order valence-electron chi connectivity index (χ3n) is 8.02. The van der Waals surface area contributed by atoms with Gasteiger partial charge >= 0.3 is 5.97 Å². The van der Waals surface area contributed by atoms with Gasteiger partial charge in [-0.3, -0.25) is 14.4 Å². The van der Waals surface area contributed by atoms with E-state index >= 15 is 0 Å². The molecule has 0 radical (unpaired) electrons. The number of carboxylic acids is 2. The highest BCUT2D eigenvalue weighted by Crippen LogP contribution is 2.41. The molecule has 2 N–H and O–H groups in total. The Kier molecular flexibility index (Phi) is 8.35. The summed E-state index contributed by atoms with van der Waals surface area (Å²) in [5.74, 6) is -5.00. The van der Waals surface area contributed by atoms with Crippen molar-refractivity contribution in [2.45, 2.75) is 51.1 Å². The van der Waals surface area contributed by atoms with Crippen molar-refractivity contribution in [3.05, 3.63) is 24.3 Å². The summed E-state index contributed by atoms with van der Waals surface area (Å²) in [5, 5.41) is 23.6. The molecule has 6 aliphatic heterocycles. The highest BCUT2D eigenvalue weighted by atomic mass is 16.5. The van der Waals surface area contributed by atoms with E-state index in [1.807, 2.05) is 6.08 Å². The lowest BCUT2D eigenvalue weighted by Gasteiger charge is -2.33. The molecule has 4 unspecified atom stereocenters. The number of piperidine rings is 1. The van der Waals surface area contributed by atoms with Gasteiger partial charge < -0.3 is 39.6 Å². The van der Waals surface area contributed by atoms with Gasteiger partial charge in [0.15, 0.2) is 0 Å². The molecule has 4 bridgehead atoms. The minimum Gasteiger partial charge on any atom is -0.550 e. The second kappa shape index (κ2) is 11.3. The van der Waals surface area contributed by atoms with E-state index in [2.05, 4.69) is 5.32 Å². The Labute approximate surface area is 216 Å². The highest BCUT2D eigenvalue weighted by Gasteiger charge is 2.54. The predicted octanol–water partition coefficient (Wildman–Crippen LogP) is -0.973. The monoisotopic (exact) mass is 518 g/mol. The van der Waals surface area contributed by atoms with Crippen molar-refractivity contribution in [1.29, 1.82) is 0 Å². The van der Waals surface area contributed by atoms with Gasteiger partial charge in [-0.2, -0.15) is 0 Å². The number of rotatable bonds is 4. The normalized spacial score (nSPS) is 37.1. The van der Waals surface area contributed by atoms with Crippen molar-refractivity contribution in [3.63, 3.8) is 0 Å². The molecule has 0 spiro atoms. The molecule has 37 heavy (non-hydrogen) atoms. The zero-order valence-electron chi connectivity index (χ0n) is 20.0. The van der Waals surface area contributed by atoms with E-state index in [1.165, 1.54) is 0 Å². The fraction of sp³-hybridized carbons (Fsp3) is 0.692. The number of carbonyl (C=O) groups is 4. The van der Waals surface area contributed by atoms with Crippen LogP contribution in [0.5, 0.6) is 0 Å². The summed E-state index contributed by atoms with van der Waals surface area (Å²) < 4.78 is 11.0. The van der Waals surface area contributed by atoms with Crippen molar-refractivity contribution in [1.82, 2.24) is 15.1 Å². The van der Waals surface area contributed by atoms with E-state index in [4.69, 9.17) is 9.47 Å². The van der Waals surface area contributed by atoms with Crippen molar-refractivity contribution in [3.8, 4) is 0 Å². The molecular formula is C26H36N3O8-. The van der Waals surface area contributed by atoms with Crippen LogP contribution in [0.3, 0.4) is 0 Å². The summed E-state index contributed by atoms with van der Waals surface area (Å²) in [6, 6.07) is 0. The first-order chi connectivity index (χ1) is 17.4. The number of nitrogens with one attached hydrogen (secondary N) is 1. The first kappa shape index (κ1) is 27.3. The summed E-state index contributed by atoms with van der Waals surface area (Å²) in [6.07, 6.45) is 8.56. The molecule has 0 aromatic heterocycles. The second-order valence-corrected chi connectivity index (χ2v) is 10.1. The molecular weight excluding hydrogens is 482 g/mol. The van der Waals surface area contributed by atoms with Crippen molar-refractivity contribution < 1.29 is 38.9 Å². The van der Waals surface area contributed by atoms with Gasteiger partial charge in [-0.1, -0.05) is 31.7 Å². The molecule has 11 nitrogen and oxygen atoms in total. The van der Waals surface area contributed by atoms with Crippen molar-refractivity contribution >= 4 is 23.8 Å². The maximum absolute atomic E-state index is 12.4. The standard InChI is InChI=1S/C13H17NO4.C12H16N2O4.CH4/c15-12(14-6-2-1-3-7-14)10-8-4-5-9(18-8)11(10)13(16)17;15-11(14-5-3-13-4-6-14)9-7-1-2-8(18-7)10(9)12(16)17;/h4-5,8-11H,1-3,6-7H2,(H,16,17);1-2,7-10,13H,3-6H2,(H,16,17);1H4/p-1/t8-,9+,10?,11?;7-,8+,9?,10?;/m00./s1. The second-order valence-electron chi connectivity index (χ2n) is 10.1. The van der Waals surface area contributed by atoms with Crippen LogP contribution in [0.2, 0.25) is 0 Å². The minimum atomic E-state index is -1.18. The molecule has 0 saturated carbocycles. The van der Waals surface area contributed by atoms with Crippen molar-refractivity contribution in [2.75, 3.05) is 39.3 Å². The number of nitrogens with zero attached hydrogens (tertiary/aromatic N) is 2. The molecule has 6 aliphatic rings. The Morgan fingerprint density at radius 3 is 1.62 bits per heavy atom. The molecule has 4 fully saturated rings. The summed E-state index contributed by atoms with van der Waals surface area (Å²) in [7, 11) is 0. The van der Waals surface area contributed by atoms with Gasteiger partial charge in [0.05, 0.1) is 36.3 Å². The Hall–Kier alpha value is -2.76. The number of carbonyl (C=O) groups excluding carboxylic acids is 3. The van der Waals surface area contributed by atoms with Crippen LogP contribution in [0, 0.1) is 23.7 Å². The lowest BCUT2D eigenvalue weighted by Crippen LogP contribution is -2.51. The largest absolute Gasteiger partial charge is 0.550 e. The molecule has 2 amide bonds. The molecule has 0 aromatic rings. The Balaban J connectivity index is 0.000000168. The summed E-state index contributed by atoms with van der Waals surface area (Å²) in [6.45, 7) is 4.28. The lowest BCUT2D eigenvalue weighted by molar-refractivity contribution is -0.313. The van der Waals surface area contributed by atoms with Gasteiger partial charge in [-0.25, -0.2) is 0 Å². The fourth-order valence-electron chi connectivity index (χ4n) is 6.20. The van der Waals surface area contributed by atoms with E-state index in [0.717, 1.165) is 45.4 Å². The van der Waals surface area contributed by atoms with Crippen LogP contribution < -0.4 is 10.4 Å². The number of fused-ring (bicyclic) bond motifs is 4. The first-order valence-corrected chi connectivity index (χ1v) is 12.8. The molecule has 11 heteroatoms. The zero-order chi connectivity index (χ0) is 25.4. The van der Waals surface area contributed by atoms with Gasteiger partial charge in [-0.05, 0) is 19.3 Å². The van der Waals surface area contributed by atoms with Crippen LogP contribution in [0.25, 0.3) is 0 Å². The molecule has 6 heterocycles. The van der Waals surface area contributed by atoms with Crippen LogP contribution in [0.4, 0.5) is 0 Å². The number of ether oxygens (including phenoxy) is 2. The first-order valence-electron chi connectivity index (χ1n) is 12.8. The molecule has 0 aromatic carbocycles. The van der Waals surface area contributed by atoms with Gasteiger partial charge in [-0.15, -0.1) is 0 Å². The van der Waals surface area contributed by atoms with Gasteiger partial charge in [0, 0.05) is 51.2 Å². The lowest BCUT2D eigenvalue weighted by atomic mass is 9.82. The van der Waals surface area contributed by atoms with E-state index < -0.39 is 47.8 Å². The van der Waals surface area contributed by atoms with E-state index in [-0.39, 0.29) is 31.4 Å². The Morgan fingerprint density at radius 1 is 0.703 bits per heavy atom. The Bertz CT molecular complexity index is 879. The number of piperazine rings is 1. The molecule has 6 rings (SSSR count). The number of hydrogen-bond donors (Lipinski definition) is 2. The SMILES string of the molecule is C.O=C(O)C1C(C(=O)N2CCNCC2)[C@@H]2C=C[C@H]1O2.O=C([O-])C1C(C(=O)N2CCCCC2)[C@@H]2C=C[C@H]1O2. The molecule has 8 atom stereocenters. The van der Waals surface area contributed by atoms with Gasteiger partial charge in [0.2, 0.25) is 11.8 Å². The molecule has 204 valence electrons. The van der Waals surface area contributed by atoms with E-state index in [9.17, 15) is 29.4 Å². The van der Waals surface area contributed by atoms with Crippen LogP contribution in [0.1, 0.15) is 26.7 Å². The van der Waals surface area contributed by atoms with Crippen LogP contribution in [-0.2, 0) is 28.7 Å². The zero-order valence-corrected chi connectivity index (χ0v) is 20.0. The average molecular weight is 519 g/mol. The predicted molar refractivity (Wildman–Crippen MR) is 129 cm³/mol. The average Bonchev–Trinajstić information content (AvgIpc) is 3.70. The Morgan fingerprint density at radius 2 is 1.14 bits per heavy atom. The third-order valence-corrected chi connectivity index (χ3v) is 8.02. The fourth-order valence-corrected chi connectivity index (χ4v) is 6.20. The third kappa shape index (κ3) is 5.17. The number of hydrogen-bond acceptors (Lipinski definition) is 8. The summed E-state index contributed by atoms with van der Waals surface area (Å²) in [5.41, 5.74) is 0. The number of carboxylic acid groups (broad SMARTS) is 2. The van der Waals surface area contributed by atoms with Crippen LogP contribution in [-0.4, -0.2) is 102 Å². The summed E-state index contributed by atoms with van der Waals surface area (Å²) in [4.78, 5) is 50.9. The smallest absolute Gasteiger partial charge is 0.310 e. The van der Waals surface area contributed by atoms with Crippen LogP contribution >= 0.6 is 0 Å². The van der Waals surface area contributed by atoms with Gasteiger partial charge in [0.1, 0.15) is 5.92 Å². The van der Waals surface area contributed by atoms with Crippen molar-refractivity contribution in [2.24, 2.45) is 23.7 Å². The number of likely N-dealkylation sites (tertiary alicyclic amines) is 1. The quantitative estimate of drug-likeness (QED) is 0.448. The van der Waals surface area contributed by atoms with E-state index in [0.29, 0.717) is 13.1 Å². The maximum atomic E-state index is 12.4. The van der Waals surface area contributed by atoms with Crippen LogP contribution in [0.15, 0.2) is 24.3 Å². The van der Waals surface area contributed by atoms with Gasteiger partial charge in [0.25, 0.3) is 0 Å². The molecule has 0 aliphatic carbocycles. The minimum absolute atomic E-state index is 0. The number of aliphatic carboxylic acids is 2. The number of amides is 2. The summed E-state index contributed by atoms with van der Waals surface area (Å²) >= 11 is 0. The maximum Gasteiger partial charge on any atom is 0.310 e. The highest BCUT2D eigenvalue weighted by molar-refractivity contribution is 5.88. The topological polar surface area (TPSA) is 149 Å².